The molecule has 0 unspecified atom stereocenters. The number of amides is 1. The SMILES string of the molecule is O=C(Nc1cc(S(=O)(=O)N2CCCCC2)ccc1Oc1ccccc1)c1cccc(F)c1F. The van der Waals surface area contributed by atoms with Gasteiger partial charge in [0.2, 0.25) is 10.0 Å². The fourth-order valence-electron chi connectivity index (χ4n) is 3.59. The predicted octanol–water partition coefficient (Wildman–Crippen LogP) is 5.18. The van der Waals surface area contributed by atoms with Crippen molar-refractivity contribution in [1.82, 2.24) is 4.31 Å². The van der Waals surface area contributed by atoms with Crippen molar-refractivity contribution < 1.29 is 26.7 Å². The number of para-hydroxylation sites is 1. The molecule has 0 saturated carbocycles. The van der Waals surface area contributed by atoms with E-state index in [1.807, 2.05) is 0 Å². The van der Waals surface area contributed by atoms with Gasteiger partial charge in [0.15, 0.2) is 17.4 Å². The quantitative estimate of drug-likeness (QED) is 0.536. The first-order chi connectivity index (χ1) is 15.9. The molecule has 0 aromatic heterocycles. The Kier molecular flexibility index (Phi) is 6.71. The number of nitrogens with one attached hydrogen (secondary N) is 1. The molecule has 172 valence electrons. The second-order valence-electron chi connectivity index (χ2n) is 7.59. The van der Waals surface area contributed by atoms with E-state index in [4.69, 9.17) is 4.74 Å². The summed E-state index contributed by atoms with van der Waals surface area (Å²) in [5.74, 6) is -2.78. The molecule has 9 heteroatoms. The fraction of sp³-hybridized carbons (Fsp3) is 0.208. The molecule has 0 spiro atoms. The van der Waals surface area contributed by atoms with Crippen molar-refractivity contribution in [2.24, 2.45) is 0 Å². The largest absolute Gasteiger partial charge is 0.455 e. The Labute approximate surface area is 190 Å². The highest BCUT2D eigenvalue weighted by atomic mass is 32.2. The average Bonchev–Trinajstić information content (AvgIpc) is 2.83. The second-order valence-corrected chi connectivity index (χ2v) is 9.53. The molecule has 1 N–H and O–H groups in total. The predicted molar refractivity (Wildman–Crippen MR) is 120 cm³/mol. The highest BCUT2D eigenvalue weighted by Gasteiger charge is 2.27. The van der Waals surface area contributed by atoms with Crippen LogP contribution in [0.4, 0.5) is 14.5 Å². The monoisotopic (exact) mass is 472 g/mol. The summed E-state index contributed by atoms with van der Waals surface area (Å²) in [6.07, 6.45) is 2.52. The van der Waals surface area contributed by atoms with E-state index in [9.17, 15) is 22.0 Å². The normalized spacial score (nSPS) is 14.6. The van der Waals surface area contributed by atoms with Gasteiger partial charge in [-0.1, -0.05) is 30.7 Å². The van der Waals surface area contributed by atoms with Crippen LogP contribution in [-0.2, 0) is 10.0 Å². The van der Waals surface area contributed by atoms with Gasteiger partial charge in [0.05, 0.1) is 16.1 Å². The smallest absolute Gasteiger partial charge is 0.258 e. The third kappa shape index (κ3) is 5.04. The zero-order valence-corrected chi connectivity index (χ0v) is 18.4. The summed E-state index contributed by atoms with van der Waals surface area (Å²) in [6, 6.07) is 16.1. The van der Waals surface area contributed by atoms with Crippen molar-refractivity contribution in [2.75, 3.05) is 18.4 Å². The minimum absolute atomic E-state index is 0.0191. The van der Waals surface area contributed by atoms with Gasteiger partial charge in [-0.3, -0.25) is 4.79 Å². The van der Waals surface area contributed by atoms with E-state index in [-0.39, 0.29) is 16.3 Å². The molecule has 0 radical (unpaired) electrons. The number of carbonyl (C=O) groups excluding carboxylic acids is 1. The highest BCUT2D eigenvalue weighted by molar-refractivity contribution is 7.89. The van der Waals surface area contributed by atoms with Gasteiger partial charge < -0.3 is 10.1 Å². The van der Waals surface area contributed by atoms with Crippen molar-refractivity contribution in [3.05, 3.63) is 83.9 Å². The molecule has 1 saturated heterocycles. The number of benzene rings is 3. The first-order valence-corrected chi connectivity index (χ1v) is 11.9. The molecular formula is C24H22F2N2O4S. The molecule has 1 aliphatic rings. The maximum absolute atomic E-state index is 14.1. The standard InChI is InChI=1S/C24H22F2N2O4S/c25-20-11-7-10-19(23(20)26)24(29)27-21-16-18(33(30,31)28-14-5-2-6-15-28)12-13-22(21)32-17-8-3-1-4-9-17/h1,3-4,7-13,16H,2,5-6,14-15H2,(H,27,29). The number of piperidine rings is 1. The summed E-state index contributed by atoms with van der Waals surface area (Å²) in [5, 5.41) is 2.48. The Balaban J connectivity index is 1.71. The maximum atomic E-state index is 14.1. The lowest BCUT2D eigenvalue weighted by Gasteiger charge is -2.26. The van der Waals surface area contributed by atoms with Crippen LogP contribution in [0.1, 0.15) is 29.6 Å². The summed E-state index contributed by atoms with van der Waals surface area (Å²) >= 11 is 0. The van der Waals surface area contributed by atoms with E-state index in [2.05, 4.69) is 5.32 Å². The highest BCUT2D eigenvalue weighted by Crippen LogP contribution is 2.33. The van der Waals surface area contributed by atoms with Crippen LogP contribution in [0.25, 0.3) is 0 Å². The molecule has 1 aliphatic heterocycles. The molecular weight excluding hydrogens is 450 g/mol. The minimum Gasteiger partial charge on any atom is -0.455 e. The molecule has 1 amide bonds. The molecule has 1 heterocycles. The van der Waals surface area contributed by atoms with Crippen LogP contribution in [0.15, 0.2) is 71.6 Å². The number of nitrogens with zero attached hydrogens (tertiary/aromatic N) is 1. The van der Waals surface area contributed by atoms with Crippen molar-refractivity contribution in [3.63, 3.8) is 0 Å². The zero-order chi connectivity index (χ0) is 23.4. The molecule has 33 heavy (non-hydrogen) atoms. The Morgan fingerprint density at radius 2 is 1.64 bits per heavy atom. The number of hydrogen-bond acceptors (Lipinski definition) is 4. The lowest BCUT2D eigenvalue weighted by Crippen LogP contribution is -2.35. The van der Waals surface area contributed by atoms with Gasteiger partial charge >= 0.3 is 0 Å². The Morgan fingerprint density at radius 3 is 2.36 bits per heavy atom. The summed E-state index contributed by atoms with van der Waals surface area (Å²) < 4.78 is 61.2. The summed E-state index contributed by atoms with van der Waals surface area (Å²) in [5.41, 5.74) is -0.490. The van der Waals surface area contributed by atoms with Crippen molar-refractivity contribution in [2.45, 2.75) is 24.2 Å². The number of halogens is 2. The maximum Gasteiger partial charge on any atom is 0.258 e. The lowest BCUT2D eigenvalue weighted by molar-refractivity contribution is 0.102. The number of carbonyl (C=O) groups is 1. The third-order valence-corrected chi connectivity index (χ3v) is 7.21. The van der Waals surface area contributed by atoms with E-state index in [0.29, 0.717) is 18.8 Å². The van der Waals surface area contributed by atoms with Crippen molar-refractivity contribution in [3.8, 4) is 11.5 Å². The molecule has 6 nitrogen and oxygen atoms in total. The molecule has 3 aromatic rings. The van der Waals surface area contributed by atoms with Gasteiger partial charge in [0, 0.05) is 13.1 Å². The van der Waals surface area contributed by atoms with E-state index in [0.717, 1.165) is 31.4 Å². The van der Waals surface area contributed by atoms with Crippen LogP contribution in [0.3, 0.4) is 0 Å². The van der Waals surface area contributed by atoms with E-state index in [1.54, 1.807) is 30.3 Å². The van der Waals surface area contributed by atoms with Crippen LogP contribution in [-0.4, -0.2) is 31.7 Å². The van der Waals surface area contributed by atoms with E-state index in [1.165, 1.54) is 28.6 Å². The topological polar surface area (TPSA) is 75.7 Å². The molecule has 0 atom stereocenters. The van der Waals surface area contributed by atoms with Gasteiger partial charge in [-0.15, -0.1) is 0 Å². The summed E-state index contributed by atoms with van der Waals surface area (Å²) in [6.45, 7) is 0.835. The Bertz CT molecular complexity index is 1260. The van der Waals surface area contributed by atoms with Crippen LogP contribution in [0.2, 0.25) is 0 Å². The molecule has 3 aromatic carbocycles. The first-order valence-electron chi connectivity index (χ1n) is 10.5. The molecule has 0 aliphatic carbocycles. The van der Waals surface area contributed by atoms with Gasteiger partial charge in [0.25, 0.3) is 5.91 Å². The van der Waals surface area contributed by atoms with Crippen LogP contribution < -0.4 is 10.1 Å². The number of hydrogen-bond donors (Lipinski definition) is 1. The average molecular weight is 473 g/mol. The van der Waals surface area contributed by atoms with Gasteiger partial charge in [-0.2, -0.15) is 4.31 Å². The fourth-order valence-corrected chi connectivity index (χ4v) is 5.14. The van der Waals surface area contributed by atoms with Crippen molar-refractivity contribution in [1.29, 1.82) is 0 Å². The van der Waals surface area contributed by atoms with Crippen LogP contribution in [0.5, 0.6) is 11.5 Å². The van der Waals surface area contributed by atoms with E-state index >= 15 is 0 Å². The lowest BCUT2D eigenvalue weighted by atomic mass is 10.2. The third-order valence-electron chi connectivity index (χ3n) is 5.32. The van der Waals surface area contributed by atoms with E-state index < -0.39 is 33.1 Å². The van der Waals surface area contributed by atoms with Crippen LogP contribution in [0, 0.1) is 11.6 Å². The Morgan fingerprint density at radius 1 is 0.909 bits per heavy atom. The number of anilines is 1. The number of rotatable bonds is 6. The second kappa shape index (κ2) is 9.68. The summed E-state index contributed by atoms with van der Waals surface area (Å²) in [4.78, 5) is 12.7. The van der Waals surface area contributed by atoms with Gasteiger partial charge in [-0.25, -0.2) is 17.2 Å². The molecule has 1 fully saturated rings. The number of ether oxygens (including phenoxy) is 1. The molecule has 4 rings (SSSR count). The Hall–Kier alpha value is -3.30. The zero-order valence-electron chi connectivity index (χ0n) is 17.6. The minimum atomic E-state index is -3.80. The summed E-state index contributed by atoms with van der Waals surface area (Å²) in [7, 11) is -3.80. The number of sulfonamides is 1. The first kappa shape index (κ1) is 22.9. The van der Waals surface area contributed by atoms with Gasteiger partial charge in [0.1, 0.15) is 5.75 Å². The van der Waals surface area contributed by atoms with Gasteiger partial charge in [-0.05, 0) is 55.3 Å². The van der Waals surface area contributed by atoms with Crippen molar-refractivity contribution >= 4 is 21.6 Å². The molecule has 0 bridgehead atoms. The van der Waals surface area contributed by atoms with Crippen LogP contribution >= 0.6 is 0 Å².